The van der Waals surface area contributed by atoms with Crippen LogP contribution in [0.4, 0.5) is 0 Å². The molecule has 0 unspecified atom stereocenters. The summed E-state index contributed by atoms with van der Waals surface area (Å²) in [5.74, 6) is 0.670. The van der Waals surface area contributed by atoms with E-state index in [0.29, 0.717) is 11.7 Å². The highest BCUT2D eigenvalue weighted by molar-refractivity contribution is 5.98. The van der Waals surface area contributed by atoms with Gasteiger partial charge in [-0.25, -0.2) is 0 Å². The zero-order chi connectivity index (χ0) is 13.8. The number of carbonyl (C=O) groups excluding carboxylic acids is 1. The molecule has 2 heteroatoms. The summed E-state index contributed by atoms with van der Waals surface area (Å²) < 4.78 is 0. The van der Waals surface area contributed by atoms with Gasteiger partial charge in [-0.15, -0.1) is 0 Å². The van der Waals surface area contributed by atoms with Gasteiger partial charge in [0.25, 0.3) is 0 Å². The number of carbonyl (C=O) groups is 1. The molecule has 1 saturated heterocycles. The van der Waals surface area contributed by atoms with Crippen LogP contribution in [0.25, 0.3) is 0 Å². The van der Waals surface area contributed by atoms with E-state index in [0.717, 1.165) is 24.9 Å². The Bertz CT molecular complexity index is 456. The van der Waals surface area contributed by atoms with Crippen molar-refractivity contribution in [1.29, 1.82) is 0 Å². The van der Waals surface area contributed by atoms with Crippen LogP contribution in [0.5, 0.6) is 0 Å². The summed E-state index contributed by atoms with van der Waals surface area (Å²) in [7, 11) is 0. The zero-order valence-electron chi connectivity index (χ0n) is 12.3. The molecule has 0 spiro atoms. The Morgan fingerprint density at radius 2 is 1.80 bits per heavy atom. The Kier molecular flexibility index (Phi) is 4.51. The molecule has 2 fully saturated rings. The molecule has 2 aliphatic rings. The Hall–Kier alpha value is -1.15. The van der Waals surface area contributed by atoms with Crippen LogP contribution in [0.2, 0.25) is 0 Å². The number of nitrogens with zero attached hydrogens (tertiary/aromatic N) is 1. The minimum Gasteiger partial charge on any atom is -0.299 e. The zero-order valence-corrected chi connectivity index (χ0v) is 12.3. The van der Waals surface area contributed by atoms with Crippen LogP contribution in [-0.2, 0) is 6.54 Å². The van der Waals surface area contributed by atoms with E-state index < -0.39 is 0 Å². The highest BCUT2D eigenvalue weighted by atomic mass is 16.1. The van der Waals surface area contributed by atoms with E-state index in [2.05, 4.69) is 23.1 Å². The normalized spacial score (nSPS) is 21.2. The lowest BCUT2D eigenvalue weighted by Crippen LogP contribution is -2.29. The molecule has 0 bridgehead atoms. The first-order chi connectivity index (χ1) is 9.83. The quantitative estimate of drug-likeness (QED) is 0.770. The van der Waals surface area contributed by atoms with Gasteiger partial charge in [-0.3, -0.25) is 9.69 Å². The Balaban J connectivity index is 1.67. The highest BCUT2D eigenvalue weighted by Gasteiger charge is 2.23. The molecular formula is C18H25NO. The van der Waals surface area contributed by atoms with Crippen LogP contribution in [-0.4, -0.2) is 23.8 Å². The van der Waals surface area contributed by atoms with E-state index >= 15 is 0 Å². The molecule has 1 aromatic carbocycles. The second-order valence-corrected chi connectivity index (χ2v) is 6.38. The molecule has 1 aliphatic carbocycles. The summed E-state index contributed by atoms with van der Waals surface area (Å²) in [6.07, 6.45) is 8.65. The van der Waals surface area contributed by atoms with Gasteiger partial charge >= 0.3 is 0 Å². The van der Waals surface area contributed by atoms with Gasteiger partial charge in [-0.2, -0.15) is 0 Å². The summed E-state index contributed by atoms with van der Waals surface area (Å²) in [4.78, 5) is 15.0. The van der Waals surface area contributed by atoms with Crippen molar-refractivity contribution in [1.82, 2.24) is 4.90 Å². The maximum atomic E-state index is 12.5. The fourth-order valence-corrected chi connectivity index (χ4v) is 3.62. The molecule has 3 rings (SSSR count). The molecule has 2 nitrogen and oxygen atoms in total. The molecule has 1 aromatic rings. The highest BCUT2D eigenvalue weighted by Crippen LogP contribution is 2.28. The largest absolute Gasteiger partial charge is 0.299 e. The Labute approximate surface area is 122 Å². The number of ketones is 1. The molecule has 0 N–H and O–H groups in total. The van der Waals surface area contributed by atoms with Crippen molar-refractivity contribution in [2.75, 3.05) is 13.1 Å². The van der Waals surface area contributed by atoms with Gasteiger partial charge in [-0.05, 0) is 50.4 Å². The number of benzene rings is 1. The maximum Gasteiger partial charge on any atom is 0.165 e. The molecule has 0 aromatic heterocycles. The smallest absolute Gasteiger partial charge is 0.165 e. The van der Waals surface area contributed by atoms with Crippen LogP contribution >= 0.6 is 0 Å². The van der Waals surface area contributed by atoms with Crippen molar-refractivity contribution in [3.8, 4) is 0 Å². The van der Waals surface area contributed by atoms with Crippen molar-refractivity contribution in [2.24, 2.45) is 5.92 Å². The lowest BCUT2D eigenvalue weighted by atomic mass is 9.95. The first-order valence-corrected chi connectivity index (χ1v) is 8.18. The second kappa shape index (κ2) is 6.53. The maximum absolute atomic E-state index is 12.5. The SMILES string of the molecule is O=C(c1cccc(CN2CCCCC2)c1)C1CCCC1. The summed E-state index contributed by atoms with van der Waals surface area (Å²) in [5.41, 5.74) is 2.24. The van der Waals surface area contributed by atoms with Gasteiger partial charge < -0.3 is 0 Å². The molecular weight excluding hydrogens is 246 g/mol. The van der Waals surface area contributed by atoms with E-state index in [1.165, 1.54) is 50.8 Å². The topological polar surface area (TPSA) is 20.3 Å². The summed E-state index contributed by atoms with van der Waals surface area (Å²) in [6, 6.07) is 8.36. The van der Waals surface area contributed by atoms with Crippen LogP contribution in [0, 0.1) is 5.92 Å². The monoisotopic (exact) mass is 271 g/mol. The molecule has 1 aliphatic heterocycles. The molecule has 0 atom stereocenters. The molecule has 1 heterocycles. The number of hydrogen-bond donors (Lipinski definition) is 0. The van der Waals surface area contributed by atoms with E-state index in [1.807, 2.05) is 6.07 Å². The van der Waals surface area contributed by atoms with Crippen molar-refractivity contribution >= 4 is 5.78 Å². The minimum absolute atomic E-state index is 0.292. The van der Waals surface area contributed by atoms with Crippen molar-refractivity contribution in [3.63, 3.8) is 0 Å². The van der Waals surface area contributed by atoms with Gasteiger partial charge in [0.05, 0.1) is 0 Å². The molecule has 0 radical (unpaired) electrons. The number of Topliss-reactive ketones (excluding diaryl/α,β-unsaturated/α-hetero) is 1. The van der Waals surface area contributed by atoms with E-state index in [9.17, 15) is 4.79 Å². The van der Waals surface area contributed by atoms with E-state index in [4.69, 9.17) is 0 Å². The van der Waals surface area contributed by atoms with Gasteiger partial charge in [0.15, 0.2) is 5.78 Å². The van der Waals surface area contributed by atoms with Crippen molar-refractivity contribution in [3.05, 3.63) is 35.4 Å². The van der Waals surface area contributed by atoms with Gasteiger partial charge in [0.2, 0.25) is 0 Å². The van der Waals surface area contributed by atoms with Gasteiger partial charge in [0.1, 0.15) is 0 Å². The Morgan fingerprint density at radius 3 is 2.55 bits per heavy atom. The van der Waals surface area contributed by atoms with Crippen LogP contribution in [0.3, 0.4) is 0 Å². The lowest BCUT2D eigenvalue weighted by Gasteiger charge is -2.26. The molecule has 108 valence electrons. The third-order valence-corrected chi connectivity index (χ3v) is 4.79. The standard InChI is InChI=1S/C18H25NO/c20-18(16-8-2-3-9-16)17-10-6-7-15(13-17)14-19-11-4-1-5-12-19/h6-7,10,13,16H,1-5,8-9,11-12,14H2. The third-order valence-electron chi connectivity index (χ3n) is 4.79. The molecule has 0 amide bonds. The summed E-state index contributed by atoms with van der Waals surface area (Å²) >= 11 is 0. The minimum atomic E-state index is 0.292. The molecule has 1 saturated carbocycles. The van der Waals surface area contributed by atoms with Crippen LogP contribution < -0.4 is 0 Å². The Morgan fingerprint density at radius 1 is 1.05 bits per heavy atom. The number of rotatable bonds is 4. The summed E-state index contributed by atoms with van der Waals surface area (Å²) in [6.45, 7) is 3.42. The summed E-state index contributed by atoms with van der Waals surface area (Å²) in [5, 5.41) is 0. The van der Waals surface area contributed by atoms with Crippen molar-refractivity contribution in [2.45, 2.75) is 51.5 Å². The van der Waals surface area contributed by atoms with Gasteiger partial charge in [-0.1, -0.05) is 37.5 Å². The number of hydrogen-bond acceptors (Lipinski definition) is 2. The van der Waals surface area contributed by atoms with E-state index in [1.54, 1.807) is 0 Å². The average molecular weight is 271 g/mol. The van der Waals surface area contributed by atoms with Crippen molar-refractivity contribution < 1.29 is 4.79 Å². The fraction of sp³-hybridized carbons (Fsp3) is 0.611. The first-order valence-electron chi connectivity index (χ1n) is 8.18. The fourth-order valence-electron chi connectivity index (χ4n) is 3.62. The molecule has 20 heavy (non-hydrogen) atoms. The second-order valence-electron chi connectivity index (χ2n) is 6.38. The van der Waals surface area contributed by atoms with E-state index in [-0.39, 0.29) is 0 Å². The average Bonchev–Trinajstić information content (AvgIpc) is 3.02. The third kappa shape index (κ3) is 3.29. The number of likely N-dealkylation sites (tertiary alicyclic amines) is 1. The predicted molar refractivity (Wildman–Crippen MR) is 81.9 cm³/mol. The lowest BCUT2D eigenvalue weighted by molar-refractivity contribution is 0.0922. The number of piperidine rings is 1. The van der Waals surface area contributed by atoms with Crippen LogP contribution in [0.1, 0.15) is 60.9 Å². The first kappa shape index (κ1) is 13.8. The van der Waals surface area contributed by atoms with Crippen LogP contribution in [0.15, 0.2) is 24.3 Å². The predicted octanol–water partition coefficient (Wildman–Crippen LogP) is 4.05. The van der Waals surface area contributed by atoms with Gasteiger partial charge in [0, 0.05) is 18.0 Å².